The molecule has 0 aliphatic carbocycles. The van der Waals surface area contributed by atoms with Gasteiger partial charge >= 0.3 is 0 Å². The highest BCUT2D eigenvalue weighted by atomic mass is 32.4. The Morgan fingerprint density at radius 3 is 1.53 bits per heavy atom. The lowest BCUT2D eigenvalue weighted by molar-refractivity contribution is 0.488. The molecule has 0 spiro atoms. The van der Waals surface area contributed by atoms with Crippen LogP contribution in [0.4, 0.5) is 11.4 Å². The van der Waals surface area contributed by atoms with E-state index in [9.17, 15) is 0 Å². The van der Waals surface area contributed by atoms with Gasteiger partial charge in [0.25, 0.3) is 0 Å². The van der Waals surface area contributed by atoms with Gasteiger partial charge in [0.05, 0.1) is 33.1 Å². The molecule has 0 radical (unpaired) electrons. The predicted molar refractivity (Wildman–Crippen MR) is 311 cm³/mol. The molecule has 0 amide bonds. The highest BCUT2D eigenvalue weighted by molar-refractivity contribution is 8.25. The third-order valence-corrected chi connectivity index (χ3v) is 19.8. The molecule has 5 nitrogen and oxygen atoms in total. The Labute approximate surface area is 426 Å². The van der Waals surface area contributed by atoms with Gasteiger partial charge < -0.3 is 23.8 Å². The van der Waals surface area contributed by atoms with Gasteiger partial charge in [-0.1, -0.05) is 176 Å². The van der Waals surface area contributed by atoms with Crippen molar-refractivity contribution in [2.45, 2.75) is 0 Å². The van der Waals surface area contributed by atoms with Gasteiger partial charge in [0.2, 0.25) is 0 Å². The average molecular weight is 971 g/mol. The number of hydrogen-bond donors (Lipinski definition) is 1. The second-order valence-corrected chi connectivity index (χ2v) is 23.2. The molecule has 1 atom stereocenters. The minimum atomic E-state index is -2.65. The summed E-state index contributed by atoms with van der Waals surface area (Å²) in [6.07, 6.45) is 0. The lowest BCUT2D eigenvalue weighted by Crippen LogP contribution is -2.30. The first-order valence-electron chi connectivity index (χ1n) is 24.7. The van der Waals surface area contributed by atoms with Crippen molar-refractivity contribution in [3.63, 3.8) is 0 Å². The van der Waals surface area contributed by atoms with Crippen LogP contribution >= 0.6 is 6.04 Å². The highest BCUT2D eigenvalue weighted by Gasteiger charge is 2.36. The van der Waals surface area contributed by atoms with Crippen molar-refractivity contribution in [1.29, 1.82) is 0 Å². The van der Waals surface area contributed by atoms with Gasteiger partial charge in [-0.2, -0.15) is 0 Å². The largest absolute Gasteiger partial charge is 0.456 e. The van der Waals surface area contributed by atoms with Crippen LogP contribution in [0.3, 0.4) is 0 Å². The van der Waals surface area contributed by atoms with Crippen LogP contribution in [0.25, 0.3) is 93.6 Å². The van der Waals surface area contributed by atoms with Crippen molar-refractivity contribution in [2.24, 2.45) is 0 Å². The third-order valence-electron chi connectivity index (χ3n) is 14.9. The van der Waals surface area contributed by atoms with E-state index in [1.165, 1.54) is 37.8 Å². The molecule has 0 fully saturated rings. The average Bonchev–Trinajstić information content (AvgIpc) is 4.10. The predicted octanol–water partition coefficient (Wildman–Crippen LogP) is 16.2. The van der Waals surface area contributed by atoms with Crippen LogP contribution in [0.1, 0.15) is 0 Å². The fourth-order valence-corrected chi connectivity index (χ4v) is 15.9. The molecule has 1 unspecified atom stereocenters. The van der Waals surface area contributed by atoms with E-state index in [0.29, 0.717) is 0 Å². The number of nitrogens with zero attached hydrogens (tertiary/aromatic N) is 3. The smallest absolute Gasteiger partial charge is 0.138 e. The zero-order valence-electron chi connectivity index (χ0n) is 39.4. The third kappa shape index (κ3) is 6.25. The summed E-state index contributed by atoms with van der Waals surface area (Å²) in [5.41, 5.74) is 14.3. The number of ether oxygens (including phenoxy) is 1. The first-order chi connectivity index (χ1) is 36.1. The Balaban J connectivity index is 0.953. The zero-order valence-corrected chi connectivity index (χ0v) is 41.1. The lowest BCUT2D eigenvalue weighted by atomic mass is 10.00. The van der Waals surface area contributed by atoms with Gasteiger partial charge in [0.1, 0.15) is 11.5 Å². The molecule has 15 rings (SSSR count). The molecule has 1 aliphatic heterocycles. The first kappa shape index (κ1) is 41.8. The van der Waals surface area contributed by atoms with Crippen LogP contribution in [0.15, 0.2) is 255 Å². The van der Waals surface area contributed by atoms with Gasteiger partial charge in [-0.15, -0.1) is 0 Å². The second-order valence-electron chi connectivity index (χ2n) is 18.8. The minimum Gasteiger partial charge on any atom is -0.456 e. The van der Waals surface area contributed by atoms with Crippen molar-refractivity contribution in [2.75, 3.05) is 5.32 Å². The van der Waals surface area contributed by atoms with Gasteiger partial charge in [0, 0.05) is 101 Å². The Kier molecular flexibility index (Phi) is 9.34. The lowest BCUT2D eigenvalue weighted by Gasteiger charge is -2.33. The number of para-hydroxylation sites is 7. The monoisotopic (exact) mass is 970 g/mol. The van der Waals surface area contributed by atoms with E-state index in [0.717, 1.165) is 94.6 Å². The van der Waals surface area contributed by atoms with Crippen molar-refractivity contribution in [1.82, 2.24) is 13.7 Å². The molecular formula is C66H43N4OPS. The maximum Gasteiger partial charge on any atom is 0.138 e. The Hall–Kier alpha value is -8.93. The Morgan fingerprint density at radius 1 is 0.356 bits per heavy atom. The molecule has 73 heavy (non-hydrogen) atoms. The molecule has 0 saturated carbocycles. The topological polar surface area (TPSA) is 36.0 Å². The number of nitrogens with one attached hydrogen (secondary N) is 1. The molecule has 0 saturated heterocycles. The number of fused-ring (bicyclic) bond motifs is 12. The van der Waals surface area contributed by atoms with E-state index in [-0.39, 0.29) is 0 Å². The number of benzene rings is 11. The summed E-state index contributed by atoms with van der Waals surface area (Å²) >= 11 is 7.15. The second kappa shape index (κ2) is 16.3. The van der Waals surface area contributed by atoms with Crippen molar-refractivity contribution < 1.29 is 4.74 Å². The van der Waals surface area contributed by atoms with E-state index in [1.54, 1.807) is 0 Å². The molecule has 3 aromatic heterocycles. The van der Waals surface area contributed by atoms with Gasteiger partial charge in [0.15, 0.2) is 0 Å². The summed E-state index contributed by atoms with van der Waals surface area (Å²) < 4.78 is 14.6. The summed E-state index contributed by atoms with van der Waals surface area (Å²) in [6.45, 7) is 0. The minimum absolute atomic E-state index is 0.777. The fraction of sp³-hybridized carbons (Fsp3) is 0. The molecule has 11 aromatic carbocycles. The number of anilines is 2. The molecule has 7 heteroatoms. The highest BCUT2D eigenvalue weighted by Crippen LogP contribution is 2.54. The zero-order chi connectivity index (χ0) is 48.2. The van der Waals surface area contributed by atoms with Crippen LogP contribution in [0, 0.1) is 0 Å². The first-order valence-corrected chi connectivity index (χ1v) is 27.5. The van der Waals surface area contributed by atoms with E-state index < -0.39 is 6.04 Å². The molecule has 344 valence electrons. The van der Waals surface area contributed by atoms with Crippen LogP contribution in [0.2, 0.25) is 0 Å². The summed E-state index contributed by atoms with van der Waals surface area (Å²) in [6, 6.07) is 88.7. The van der Waals surface area contributed by atoms with E-state index in [1.807, 2.05) is 6.07 Å². The van der Waals surface area contributed by atoms with Gasteiger partial charge in [-0.3, -0.25) is 0 Å². The number of rotatable bonds is 7. The Morgan fingerprint density at radius 2 is 0.863 bits per heavy atom. The van der Waals surface area contributed by atoms with E-state index >= 15 is 0 Å². The summed E-state index contributed by atoms with van der Waals surface area (Å²) in [5.74, 6) is 1.56. The van der Waals surface area contributed by atoms with E-state index in [2.05, 4.69) is 268 Å². The number of aromatic nitrogens is 3. The molecule has 0 bridgehead atoms. The standard InChI is InChI=1S/C66H43N4OPS/c73-72(47-23-8-3-9-24-47)62-39-35-45(69-56-32-15-11-26-49(56)52-30-18-29-51(65(52)69)48-25-10-14-31-55(48)67-43-19-4-1-5-20-43)41-60(62)71-61-42-46(36-40-63(61)72)70-57-33-16-12-27-50(57)53-37-38-59-64(66(53)70)54-28-13-17-34-58(54)68(59)44-21-6-2-7-22-44/h1-42,67H. The molecule has 4 heterocycles. The summed E-state index contributed by atoms with van der Waals surface area (Å²) in [4.78, 5) is 0. The van der Waals surface area contributed by atoms with Crippen LogP contribution < -0.4 is 26.0 Å². The van der Waals surface area contributed by atoms with Crippen LogP contribution in [-0.4, -0.2) is 13.7 Å². The van der Waals surface area contributed by atoms with Crippen molar-refractivity contribution in [3.05, 3.63) is 255 Å². The summed E-state index contributed by atoms with van der Waals surface area (Å²) in [7, 11) is 0. The fourth-order valence-electron chi connectivity index (χ4n) is 11.8. The molecular weight excluding hydrogens is 928 g/mol. The quantitative estimate of drug-likeness (QED) is 0.162. The van der Waals surface area contributed by atoms with Crippen molar-refractivity contribution >= 4 is 111 Å². The van der Waals surface area contributed by atoms with Crippen molar-refractivity contribution in [3.8, 4) is 39.7 Å². The maximum atomic E-state index is 7.36. The molecule has 14 aromatic rings. The van der Waals surface area contributed by atoms with Crippen LogP contribution in [-0.2, 0) is 11.8 Å². The summed E-state index contributed by atoms with van der Waals surface area (Å²) in [5, 5.41) is 14.1. The van der Waals surface area contributed by atoms with E-state index in [4.69, 9.17) is 16.5 Å². The Bertz CT molecular complexity index is 4590. The normalized spacial score (nSPS) is 14.2. The molecule has 1 N–H and O–H groups in total. The maximum absolute atomic E-state index is 7.36. The van der Waals surface area contributed by atoms with Gasteiger partial charge in [-0.25, -0.2) is 0 Å². The van der Waals surface area contributed by atoms with Crippen LogP contribution in [0.5, 0.6) is 11.5 Å². The number of hydrogen-bond acceptors (Lipinski definition) is 3. The van der Waals surface area contributed by atoms with Gasteiger partial charge in [-0.05, 0) is 84.2 Å². The molecule has 1 aliphatic rings. The SMILES string of the molecule is S=P1(c2ccccc2)c2ccc(-n3c4ccccc4c4cccc(-c5ccccc5Nc5ccccc5)c43)cc2Oc2cc(-n3c4ccccc4c4ccc5c(c6ccccc6n5-c5ccccc5)c43)ccc21.